The average molecular weight is 234 g/mol. The summed E-state index contributed by atoms with van der Waals surface area (Å²) < 4.78 is 6.84. The van der Waals surface area contributed by atoms with Crippen LogP contribution in [-0.4, -0.2) is 28.4 Å². The number of hydrogen-bond acceptors (Lipinski definition) is 4. The average Bonchev–Trinajstić information content (AvgIpc) is 2.84. The number of carbonyl (C=O) groups excluding carboxylic acids is 1. The Kier molecular flexibility index (Phi) is 3.11. The summed E-state index contributed by atoms with van der Waals surface area (Å²) in [6.45, 7) is 2.58. The summed E-state index contributed by atoms with van der Waals surface area (Å²) in [5.74, 6) is 0.261. The number of nitrogens with one attached hydrogen (secondary N) is 1. The molecule has 0 saturated carbocycles. The number of ether oxygens (including phenoxy) is 1. The van der Waals surface area contributed by atoms with Gasteiger partial charge in [0.25, 0.3) is 5.91 Å². The summed E-state index contributed by atoms with van der Waals surface area (Å²) >= 11 is 0. The molecular weight excluding hydrogens is 220 g/mol. The van der Waals surface area contributed by atoms with Crippen molar-refractivity contribution >= 4 is 11.7 Å². The number of aryl methyl sites for hydroxylation is 1. The molecule has 1 saturated heterocycles. The van der Waals surface area contributed by atoms with Gasteiger partial charge in [0, 0.05) is 19.9 Å². The van der Waals surface area contributed by atoms with Crippen molar-refractivity contribution in [3.8, 4) is 6.07 Å². The molecule has 0 radical (unpaired) electrons. The van der Waals surface area contributed by atoms with Gasteiger partial charge < -0.3 is 10.1 Å². The van der Waals surface area contributed by atoms with E-state index in [1.807, 2.05) is 13.0 Å². The molecule has 2 rings (SSSR count). The molecule has 2 unspecified atom stereocenters. The van der Waals surface area contributed by atoms with Gasteiger partial charge in [0.2, 0.25) is 0 Å². The second-order valence-corrected chi connectivity index (χ2v) is 4.22. The van der Waals surface area contributed by atoms with E-state index < -0.39 is 6.10 Å². The standard InChI is InChI=1S/C11H14N4O2/c1-7-3-4-17-9(7)11(16)13-10-8(5-12)6-15(2)14-10/h6-7,9H,3-4H2,1-2H3,(H,13,14,16). The molecule has 6 heteroatoms. The highest BCUT2D eigenvalue weighted by molar-refractivity contribution is 5.94. The van der Waals surface area contributed by atoms with E-state index in [2.05, 4.69) is 10.4 Å². The Hall–Kier alpha value is -1.87. The zero-order valence-corrected chi connectivity index (χ0v) is 9.80. The fourth-order valence-corrected chi connectivity index (χ4v) is 1.88. The van der Waals surface area contributed by atoms with Crippen LogP contribution in [0, 0.1) is 17.2 Å². The number of amides is 1. The van der Waals surface area contributed by atoms with Gasteiger partial charge in [0.1, 0.15) is 17.7 Å². The second-order valence-electron chi connectivity index (χ2n) is 4.22. The number of anilines is 1. The van der Waals surface area contributed by atoms with Gasteiger partial charge in [-0.15, -0.1) is 0 Å². The van der Waals surface area contributed by atoms with Gasteiger partial charge in [-0.05, 0) is 12.3 Å². The first-order chi connectivity index (χ1) is 8.11. The van der Waals surface area contributed by atoms with Gasteiger partial charge in [0.15, 0.2) is 5.82 Å². The van der Waals surface area contributed by atoms with Crippen LogP contribution in [-0.2, 0) is 16.6 Å². The Bertz CT molecular complexity index is 474. The molecule has 1 aliphatic heterocycles. The molecule has 0 bridgehead atoms. The number of carbonyl (C=O) groups is 1. The summed E-state index contributed by atoms with van der Waals surface area (Å²) in [6, 6.07) is 1.98. The summed E-state index contributed by atoms with van der Waals surface area (Å²) in [4.78, 5) is 11.9. The maximum absolute atomic E-state index is 11.9. The van der Waals surface area contributed by atoms with E-state index in [1.165, 1.54) is 4.68 Å². The van der Waals surface area contributed by atoms with Crippen LogP contribution in [0.1, 0.15) is 18.9 Å². The zero-order valence-electron chi connectivity index (χ0n) is 9.80. The number of aromatic nitrogens is 2. The second kappa shape index (κ2) is 4.55. The number of nitrogens with zero attached hydrogens (tertiary/aromatic N) is 3. The zero-order chi connectivity index (χ0) is 12.4. The molecule has 0 spiro atoms. The van der Waals surface area contributed by atoms with Gasteiger partial charge in [-0.1, -0.05) is 6.92 Å². The quantitative estimate of drug-likeness (QED) is 0.815. The van der Waals surface area contributed by atoms with Crippen molar-refractivity contribution in [1.82, 2.24) is 9.78 Å². The Labute approximate surface area is 99.2 Å². The number of nitriles is 1. The smallest absolute Gasteiger partial charge is 0.255 e. The van der Waals surface area contributed by atoms with E-state index in [0.29, 0.717) is 18.0 Å². The number of hydrogen-bond donors (Lipinski definition) is 1. The Balaban J connectivity index is 2.10. The molecule has 2 heterocycles. The molecule has 0 aromatic carbocycles. The molecule has 0 aliphatic carbocycles. The highest BCUT2D eigenvalue weighted by Crippen LogP contribution is 2.22. The predicted molar refractivity (Wildman–Crippen MR) is 60.1 cm³/mol. The SMILES string of the molecule is CC1CCOC1C(=O)Nc1nn(C)cc1C#N. The highest BCUT2D eigenvalue weighted by Gasteiger charge is 2.31. The van der Waals surface area contributed by atoms with Crippen molar-refractivity contribution in [3.63, 3.8) is 0 Å². The Morgan fingerprint density at radius 3 is 3.12 bits per heavy atom. The first kappa shape index (κ1) is 11.6. The van der Waals surface area contributed by atoms with Gasteiger partial charge in [0.05, 0.1) is 0 Å². The molecule has 2 atom stereocenters. The summed E-state index contributed by atoms with van der Waals surface area (Å²) in [5, 5.41) is 15.5. The van der Waals surface area contributed by atoms with Crippen molar-refractivity contribution in [2.75, 3.05) is 11.9 Å². The van der Waals surface area contributed by atoms with E-state index in [0.717, 1.165) is 6.42 Å². The maximum atomic E-state index is 11.9. The van der Waals surface area contributed by atoms with Crippen LogP contribution in [0.15, 0.2) is 6.20 Å². The maximum Gasteiger partial charge on any atom is 0.255 e. The molecule has 1 N–H and O–H groups in total. The fraction of sp³-hybridized carbons (Fsp3) is 0.545. The molecule has 1 aromatic heterocycles. The van der Waals surface area contributed by atoms with Crippen molar-refractivity contribution in [2.45, 2.75) is 19.4 Å². The van der Waals surface area contributed by atoms with E-state index >= 15 is 0 Å². The topological polar surface area (TPSA) is 79.9 Å². The van der Waals surface area contributed by atoms with Crippen LogP contribution in [0.5, 0.6) is 0 Å². The lowest BCUT2D eigenvalue weighted by atomic mass is 10.0. The van der Waals surface area contributed by atoms with Gasteiger partial charge in [-0.2, -0.15) is 10.4 Å². The van der Waals surface area contributed by atoms with Crippen molar-refractivity contribution in [1.29, 1.82) is 5.26 Å². The molecule has 6 nitrogen and oxygen atoms in total. The van der Waals surface area contributed by atoms with Crippen LogP contribution < -0.4 is 5.32 Å². The molecule has 1 aliphatic rings. The van der Waals surface area contributed by atoms with Crippen LogP contribution >= 0.6 is 0 Å². The third kappa shape index (κ3) is 2.29. The molecule has 1 fully saturated rings. The van der Waals surface area contributed by atoms with Crippen molar-refractivity contribution < 1.29 is 9.53 Å². The molecule has 90 valence electrons. The van der Waals surface area contributed by atoms with E-state index in [9.17, 15) is 4.79 Å². The lowest BCUT2D eigenvalue weighted by molar-refractivity contribution is -0.126. The Morgan fingerprint density at radius 2 is 2.53 bits per heavy atom. The molecule has 1 aromatic rings. The minimum Gasteiger partial charge on any atom is -0.368 e. The first-order valence-electron chi connectivity index (χ1n) is 5.48. The lowest BCUT2D eigenvalue weighted by Crippen LogP contribution is -2.31. The van der Waals surface area contributed by atoms with Gasteiger partial charge in [-0.3, -0.25) is 9.48 Å². The summed E-state index contributed by atoms with van der Waals surface area (Å²) in [6.07, 6.45) is 2.00. The molecule has 1 amide bonds. The van der Waals surface area contributed by atoms with Gasteiger partial charge in [-0.25, -0.2) is 0 Å². The summed E-state index contributed by atoms with van der Waals surface area (Å²) in [5.41, 5.74) is 0.353. The monoisotopic (exact) mass is 234 g/mol. The van der Waals surface area contributed by atoms with Crippen LogP contribution in [0.4, 0.5) is 5.82 Å². The van der Waals surface area contributed by atoms with Crippen LogP contribution in [0.25, 0.3) is 0 Å². The summed E-state index contributed by atoms with van der Waals surface area (Å²) in [7, 11) is 1.70. The third-order valence-corrected chi connectivity index (χ3v) is 2.84. The van der Waals surface area contributed by atoms with E-state index in [1.54, 1.807) is 13.2 Å². The minimum atomic E-state index is -0.441. The van der Waals surface area contributed by atoms with E-state index in [-0.39, 0.29) is 11.8 Å². The highest BCUT2D eigenvalue weighted by atomic mass is 16.5. The fourth-order valence-electron chi connectivity index (χ4n) is 1.88. The predicted octanol–water partition coefficient (Wildman–Crippen LogP) is 0.655. The largest absolute Gasteiger partial charge is 0.368 e. The van der Waals surface area contributed by atoms with Crippen molar-refractivity contribution in [3.05, 3.63) is 11.8 Å². The van der Waals surface area contributed by atoms with Gasteiger partial charge >= 0.3 is 0 Å². The third-order valence-electron chi connectivity index (χ3n) is 2.84. The van der Waals surface area contributed by atoms with Crippen molar-refractivity contribution in [2.24, 2.45) is 13.0 Å². The number of rotatable bonds is 2. The van der Waals surface area contributed by atoms with Crippen LogP contribution in [0.3, 0.4) is 0 Å². The van der Waals surface area contributed by atoms with E-state index in [4.69, 9.17) is 10.00 Å². The lowest BCUT2D eigenvalue weighted by Gasteiger charge is -2.13. The normalized spacial score (nSPS) is 23.4. The first-order valence-corrected chi connectivity index (χ1v) is 5.48. The minimum absolute atomic E-state index is 0.198. The molecule has 17 heavy (non-hydrogen) atoms. The molecular formula is C11H14N4O2. The van der Waals surface area contributed by atoms with Crippen LogP contribution in [0.2, 0.25) is 0 Å². The Morgan fingerprint density at radius 1 is 1.76 bits per heavy atom.